The average molecular weight is 491 g/mol. The van der Waals surface area contributed by atoms with E-state index in [0.717, 1.165) is 16.8 Å². The molecular formula is C24H17N3O7S. The third kappa shape index (κ3) is 5.42. The third-order valence-electron chi connectivity index (χ3n) is 4.89. The maximum absolute atomic E-state index is 12.4. The van der Waals surface area contributed by atoms with Gasteiger partial charge in [0.2, 0.25) is 0 Å². The zero-order chi connectivity index (χ0) is 25.0. The second-order valence-electron chi connectivity index (χ2n) is 7.28. The summed E-state index contributed by atoms with van der Waals surface area (Å²) in [5.74, 6) is -0.797. The summed E-state index contributed by atoms with van der Waals surface area (Å²) in [4.78, 5) is 22.2. The fourth-order valence-corrected chi connectivity index (χ4v) is 4.14. The van der Waals surface area contributed by atoms with Gasteiger partial charge < -0.3 is 9.29 Å². The van der Waals surface area contributed by atoms with E-state index < -0.39 is 20.9 Å². The molecule has 0 bridgehead atoms. The Balaban J connectivity index is 1.42. The van der Waals surface area contributed by atoms with Gasteiger partial charge in [-0.2, -0.15) is 13.5 Å². The quantitative estimate of drug-likeness (QED) is 0.172. The van der Waals surface area contributed by atoms with Crippen LogP contribution in [0.25, 0.3) is 10.8 Å². The molecule has 0 aliphatic carbocycles. The van der Waals surface area contributed by atoms with Crippen LogP contribution in [-0.2, 0) is 10.1 Å². The lowest BCUT2D eigenvalue weighted by molar-refractivity contribution is -0.385. The fraction of sp³-hybridized carbons (Fsp3) is 0. The van der Waals surface area contributed by atoms with Crippen molar-refractivity contribution in [1.29, 1.82) is 0 Å². The largest absolute Gasteiger partial charge is 0.507 e. The second kappa shape index (κ2) is 9.61. The number of phenols is 1. The first-order valence-corrected chi connectivity index (χ1v) is 11.5. The van der Waals surface area contributed by atoms with E-state index >= 15 is 0 Å². The first-order valence-electron chi connectivity index (χ1n) is 10.1. The highest BCUT2D eigenvalue weighted by molar-refractivity contribution is 7.87. The van der Waals surface area contributed by atoms with Crippen molar-refractivity contribution in [2.24, 2.45) is 5.10 Å². The number of phenolic OH excluding ortho intramolecular Hbond substituents is 1. The van der Waals surface area contributed by atoms with Crippen molar-refractivity contribution in [2.45, 2.75) is 4.90 Å². The number of carbonyl (C=O) groups is 1. The standard InChI is InChI=1S/C24H17N3O7S/c28-23-13-18-5-2-1-4-17(18)12-22(23)24(29)26-25-15-16-8-10-20(11-9-16)34-35(32,33)21-7-3-6-19(14-21)27(30)31/h1-15,28H,(H,26,29). The molecule has 0 radical (unpaired) electrons. The topological polar surface area (TPSA) is 148 Å². The fourth-order valence-electron chi connectivity index (χ4n) is 3.17. The SMILES string of the molecule is O=C(NN=Cc1ccc(OS(=O)(=O)c2cccc([N+](=O)[O-])c2)cc1)c1cc2ccccc2cc1O. The molecule has 2 N–H and O–H groups in total. The summed E-state index contributed by atoms with van der Waals surface area (Å²) >= 11 is 0. The number of hydrogen-bond donors (Lipinski definition) is 2. The van der Waals surface area contributed by atoms with Gasteiger partial charge in [0.15, 0.2) is 0 Å². The number of nitro groups is 1. The summed E-state index contributed by atoms with van der Waals surface area (Å²) in [5, 5.41) is 26.4. The van der Waals surface area contributed by atoms with Crippen molar-refractivity contribution >= 4 is 38.7 Å². The number of aromatic hydroxyl groups is 1. The van der Waals surface area contributed by atoms with Gasteiger partial charge in [0, 0.05) is 12.1 Å². The maximum Gasteiger partial charge on any atom is 0.339 e. The van der Waals surface area contributed by atoms with Crippen LogP contribution < -0.4 is 9.61 Å². The van der Waals surface area contributed by atoms with E-state index in [9.17, 15) is 28.4 Å². The van der Waals surface area contributed by atoms with E-state index in [1.54, 1.807) is 6.07 Å². The molecule has 11 heteroatoms. The molecule has 4 aromatic carbocycles. The van der Waals surface area contributed by atoms with E-state index in [1.165, 1.54) is 54.7 Å². The highest BCUT2D eigenvalue weighted by atomic mass is 32.2. The number of amides is 1. The van der Waals surface area contributed by atoms with Gasteiger partial charge in [-0.25, -0.2) is 5.43 Å². The molecular weight excluding hydrogens is 474 g/mol. The van der Waals surface area contributed by atoms with Gasteiger partial charge in [0.25, 0.3) is 11.6 Å². The Hall–Kier alpha value is -4.77. The minimum atomic E-state index is -4.28. The van der Waals surface area contributed by atoms with Crippen LogP contribution in [0.15, 0.2) is 94.9 Å². The molecule has 0 spiro atoms. The molecule has 10 nitrogen and oxygen atoms in total. The Bertz CT molecular complexity index is 1570. The van der Waals surface area contributed by atoms with E-state index in [2.05, 4.69) is 10.5 Å². The molecule has 176 valence electrons. The number of nitro benzene ring substituents is 1. The van der Waals surface area contributed by atoms with Crippen LogP contribution in [0.4, 0.5) is 5.69 Å². The summed E-state index contributed by atoms with van der Waals surface area (Å²) in [6.45, 7) is 0. The predicted octanol–water partition coefficient (Wildman–Crippen LogP) is 3.99. The lowest BCUT2D eigenvalue weighted by Gasteiger charge is -2.07. The number of nitrogens with zero attached hydrogens (tertiary/aromatic N) is 2. The summed E-state index contributed by atoms with van der Waals surface area (Å²) in [6.07, 6.45) is 1.33. The van der Waals surface area contributed by atoms with Gasteiger partial charge in [-0.05, 0) is 58.8 Å². The smallest absolute Gasteiger partial charge is 0.339 e. The van der Waals surface area contributed by atoms with Crippen LogP contribution in [0, 0.1) is 10.1 Å². The number of carbonyl (C=O) groups excluding carboxylic acids is 1. The molecule has 0 saturated carbocycles. The molecule has 0 heterocycles. The molecule has 35 heavy (non-hydrogen) atoms. The number of non-ortho nitro benzene ring substituents is 1. The molecule has 0 atom stereocenters. The predicted molar refractivity (Wildman–Crippen MR) is 128 cm³/mol. The van der Waals surface area contributed by atoms with Crippen molar-refractivity contribution in [3.63, 3.8) is 0 Å². The van der Waals surface area contributed by atoms with Gasteiger partial charge in [-0.3, -0.25) is 14.9 Å². The summed E-state index contributed by atoms with van der Waals surface area (Å²) in [5.41, 5.74) is 2.54. The van der Waals surface area contributed by atoms with Gasteiger partial charge in [0.1, 0.15) is 16.4 Å². The Morgan fingerprint density at radius 3 is 2.34 bits per heavy atom. The van der Waals surface area contributed by atoms with Gasteiger partial charge in [-0.15, -0.1) is 0 Å². The Morgan fingerprint density at radius 1 is 0.971 bits per heavy atom. The lowest BCUT2D eigenvalue weighted by Crippen LogP contribution is -2.17. The highest BCUT2D eigenvalue weighted by Gasteiger charge is 2.20. The van der Waals surface area contributed by atoms with Gasteiger partial charge in [0.05, 0.1) is 16.7 Å². The number of benzene rings is 4. The van der Waals surface area contributed by atoms with Crippen LogP contribution in [0.2, 0.25) is 0 Å². The van der Waals surface area contributed by atoms with Crippen LogP contribution in [0.1, 0.15) is 15.9 Å². The van der Waals surface area contributed by atoms with Gasteiger partial charge >= 0.3 is 10.1 Å². The van der Waals surface area contributed by atoms with Crippen molar-refractivity contribution in [1.82, 2.24) is 5.43 Å². The van der Waals surface area contributed by atoms with E-state index in [1.807, 2.05) is 24.3 Å². The summed E-state index contributed by atoms with van der Waals surface area (Å²) < 4.78 is 29.9. The Morgan fingerprint density at radius 2 is 1.66 bits per heavy atom. The average Bonchev–Trinajstić information content (AvgIpc) is 2.84. The van der Waals surface area contributed by atoms with E-state index in [4.69, 9.17) is 4.18 Å². The number of nitrogens with one attached hydrogen (secondary N) is 1. The minimum absolute atomic E-state index is 0.0150. The van der Waals surface area contributed by atoms with Crippen LogP contribution in [0.5, 0.6) is 11.5 Å². The molecule has 4 aromatic rings. The van der Waals surface area contributed by atoms with Crippen LogP contribution in [0.3, 0.4) is 0 Å². The first kappa shape index (κ1) is 23.4. The van der Waals surface area contributed by atoms with Crippen molar-refractivity contribution in [3.05, 3.63) is 106 Å². The van der Waals surface area contributed by atoms with Crippen LogP contribution >= 0.6 is 0 Å². The Kier molecular flexibility index (Phi) is 6.42. The van der Waals surface area contributed by atoms with Crippen molar-refractivity contribution < 1.29 is 27.4 Å². The maximum atomic E-state index is 12.4. The van der Waals surface area contributed by atoms with E-state index in [-0.39, 0.29) is 27.6 Å². The number of fused-ring (bicyclic) bond motifs is 1. The third-order valence-corrected chi connectivity index (χ3v) is 6.13. The second-order valence-corrected chi connectivity index (χ2v) is 8.82. The lowest BCUT2D eigenvalue weighted by atomic mass is 10.1. The molecule has 0 unspecified atom stereocenters. The van der Waals surface area contributed by atoms with Gasteiger partial charge in [-0.1, -0.05) is 30.3 Å². The van der Waals surface area contributed by atoms with Crippen molar-refractivity contribution in [2.75, 3.05) is 0 Å². The number of hydrazone groups is 1. The van der Waals surface area contributed by atoms with Crippen molar-refractivity contribution in [3.8, 4) is 11.5 Å². The summed E-state index contributed by atoms with van der Waals surface area (Å²) in [6, 6.07) is 20.6. The van der Waals surface area contributed by atoms with E-state index in [0.29, 0.717) is 5.56 Å². The monoisotopic (exact) mass is 491 g/mol. The zero-order valence-electron chi connectivity index (χ0n) is 17.9. The molecule has 0 aliphatic heterocycles. The molecule has 0 saturated heterocycles. The first-order chi connectivity index (χ1) is 16.7. The molecule has 4 rings (SSSR count). The molecule has 0 fully saturated rings. The summed E-state index contributed by atoms with van der Waals surface area (Å²) in [7, 11) is -4.28. The minimum Gasteiger partial charge on any atom is -0.507 e. The zero-order valence-corrected chi connectivity index (χ0v) is 18.7. The number of hydrogen-bond acceptors (Lipinski definition) is 8. The normalized spacial score (nSPS) is 11.4. The molecule has 0 aliphatic rings. The molecule has 1 amide bonds. The number of rotatable bonds is 7. The van der Waals surface area contributed by atoms with Crippen LogP contribution in [-0.4, -0.2) is 30.6 Å². The Labute approximate surface area is 199 Å². The highest BCUT2D eigenvalue weighted by Crippen LogP contribution is 2.25. The molecule has 0 aromatic heterocycles.